The van der Waals surface area contributed by atoms with E-state index in [1.165, 1.54) is 23.8 Å². The molecule has 1 aromatic rings. The molecule has 1 aromatic carbocycles. The van der Waals surface area contributed by atoms with Crippen molar-refractivity contribution in [2.45, 2.75) is 57.5 Å². The van der Waals surface area contributed by atoms with Gasteiger partial charge in [0.05, 0.1) is 11.8 Å². The van der Waals surface area contributed by atoms with Crippen molar-refractivity contribution in [3.63, 3.8) is 0 Å². The minimum Gasteiger partial charge on any atom is -0.488 e. The number of carbonyl (C=O) groups is 2. The summed E-state index contributed by atoms with van der Waals surface area (Å²) in [6.45, 7) is 4.75. The number of piperidine rings is 1. The summed E-state index contributed by atoms with van der Waals surface area (Å²) in [4.78, 5) is 29.8. The monoisotopic (exact) mass is 453 g/mol. The van der Waals surface area contributed by atoms with Crippen LogP contribution in [-0.2, 0) is 9.59 Å². The molecule has 172 valence electrons. The molecule has 0 bridgehead atoms. The summed E-state index contributed by atoms with van der Waals surface area (Å²) >= 11 is 0. The number of anilines is 1. The smallest absolute Gasteiger partial charge is 0.229 e. The van der Waals surface area contributed by atoms with Gasteiger partial charge in [0.15, 0.2) is 0 Å². The molecule has 6 nitrogen and oxygen atoms in total. The Labute approximate surface area is 190 Å². The van der Waals surface area contributed by atoms with Gasteiger partial charge in [-0.3, -0.25) is 19.4 Å². The second kappa shape index (κ2) is 11.1. The summed E-state index contributed by atoms with van der Waals surface area (Å²) in [5, 5.41) is 0. The highest BCUT2D eigenvalue weighted by Gasteiger charge is 2.26. The number of piperazine rings is 1. The molecule has 0 spiro atoms. The summed E-state index contributed by atoms with van der Waals surface area (Å²) in [6, 6.07) is 4.84. The van der Waals surface area contributed by atoms with E-state index in [4.69, 9.17) is 4.74 Å². The largest absolute Gasteiger partial charge is 0.488 e. The number of halogens is 2. The SMILES string of the molecule is Cl.O=C1CCCC(=O)N1CCCN1CCN(c2cc(F)ccc2OC2CCCC2)CC1. The van der Waals surface area contributed by atoms with Crippen LogP contribution < -0.4 is 9.64 Å². The van der Waals surface area contributed by atoms with Crippen LogP contribution >= 0.6 is 12.4 Å². The average molecular weight is 454 g/mol. The maximum absolute atomic E-state index is 13.9. The number of amides is 2. The van der Waals surface area contributed by atoms with Crippen LogP contribution in [0.25, 0.3) is 0 Å². The minimum absolute atomic E-state index is 0. The van der Waals surface area contributed by atoms with E-state index in [1.54, 1.807) is 12.1 Å². The fraction of sp³-hybridized carbons (Fsp3) is 0.652. The first kappa shape index (κ1) is 23.8. The van der Waals surface area contributed by atoms with E-state index in [1.807, 2.05) is 0 Å². The van der Waals surface area contributed by atoms with Gasteiger partial charge in [-0.25, -0.2) is 4.39 Å². The van der Waals surface area contributed by atoms with Crippen molar-refractivity contribution in [2.75, 3.05) is 44.2 Å². The number of nitrogens with zero attached hydrogens (tertiary/aromatic N) is 3. The van der Waals surface area contributed by atoms with Crippen LogP contribution in [0.3, 0.4) is 0 Å². The third-order valence-corrected chi connectivity index (χ3v) is 6.47. The van der Waals surface area contributed by atoms with Crippen molar-refractivity contribution < 1.29 is 18.7 Å². The van der Waals surface area contributed by atoms with Gasteiger partial charge in [0.25, 0.3) is 0 Å². The van der Waals surface area contributed by atoms with Crippen LogP contribution in [0.1, 0.15) is 51.4 Å². The lowest BCUT2D eigenvalue weighted by atomic mass is 10.1. The first-order valence-corrected chi connectivity index (χ1v) is 11.4. The zero-order valence-electron chi connectivity index (χ0n) is 18.1. The number of imide groups is 1. The van der Waals surface area contributed by atoms with Crippen molar-refractivity contribution in [2.24, 2.45) is 0 Å². The molecule has 0 radical (unpaired) electrons. The third kappa shape index (κ3) is 6.10. The Kier molecular flexibility index (Phi) is 8.55. The minimum atomic E-state index is -0.234. The molecule has 4 rings (SSSR count). The molecular formula is C23H33ClFN3O3. The molecule has 0 N–H and O–H groups in total. The quantitative estimate of drug-likeness (QED) is 0.590. The van der Waals surface area contributed by atoms with E-state index < -0.39 is 0 Å². The molecule has 1 aliphatic carbocycles. The Balaban J connectivity index is 0.00000272. The number of likely N-dealkylation sites (tertiary alicyclic amines) is 1. The molecule has 3 fully saturated rings. The highest BCUT2D eigenvalue weighted by Crippen LogP contribution is 2.33. The Hall–Kier alpha value is -1.86. The number of hydrogen-bond acceptors (Lipinski definition) is 5. The topological polar surface area (TPSA) is 53.1 Å². The highest BCUT2D eigenvalue weighted by molar-refractivity contribution is 5.97. The predicted octanol–water partition coefficient (Wildman–Crippen LogP) is 3.62. The molecule has 2 saturated heterocycles. The van der Waals surface area contributed by atoms with Crippen LogP contribution in [-0.4, -0.2) is 67.0 Å². The van der Waals surface area contributed by atoms with Crippen LogP contribution in [0.5, 0.6) is 5.75 Å². The number of carbonyl (C=O) groups excluding carboxylic acids is 2. The average Bonchev–Trinajstić information content (AvgIpc) is 3.25. The third-order valence-electron chi connectivity index (χ3n) is 6.47. The lowest BCUT2D eigenvalue weighted by molar-refractivity contribution is -0.148. The Morgan fingerprint density at radius 1 is 0.935 bits per heavy atom. The second-order valence-corrected chi connectivity index (χ2v) is 8.61. The maximum Gasteiger partial charge on any atom is 0.229 e. The summed E-state index contributed by atoms with van der Waals surface area (Å²) < 4.78 is 20.1. The van der Waals surface area contributed by atoms with Crippen LogP contribution in [0, 0.1) is 5.82 Å². The molecule has 0 aromatic heterocycles. The zero-order valence-corrected chi connectivity index (χ0v) is 18.9. The number of ether oxygens (including phenoxy) is 1. The molecule has 0 unspecified atom stereocenters. The molecule has 0 atom stereocenters. The fourth-order valence-electron chi connectivity index (χ4n) is 4.74. The second-order valence-electron chi connectivity index (χ2n) is 8.61. The van der Waals surface area contributed by atoms with Gasteiger partial charge < -0.3 is 9.64 Å². The molecule has 2 heterocycles. The van der Waals surface area contributed by atoms with Crippen molar-refractivity contribution in [3.05, 3.63) is 24.0 Å². The summed E-state index contributed by atoms with van der Waals surface area (Å²) in [6.07, 6.45) is 7.26. The standard InChI is InChI=1S/C23H32FN3O3.ClH/c24-18-9-10-21(30-19-5-1-2-6-19)20(17-18)26-15-13-25(14-16-26)11-4-12-27-22(28)7-3-8-23(27)29;/h9-10,17,19H,1-8,11-16H2;1H. The Morgan fingerprint density at radius 3 is 2.29 bits per heavy atom. The molecule has 1 saturated carbocycles. The van der Waals surface area contributed by atoms with Crippen LogP contribution in [0.15, 0.2) is 18.2 Å². The van der Waals surface area contributed by atoms with E-state index in [9.17, 15) is 14.0 Å². The molecular weight excluding hydrogens is 421 g/mol. The number of benzene rings is 1. The van der Waals surface area contributed by atoms with E-state index in [-0.39, 0.29) is 36.1 Å². The van der Waals surface area contributed by atoms with Gasteiger partial charge in [-0.15, -0.1) is 12.4 Å². The molecule has 3 aliphatic rings. The van der Waals surface area contributed by atoms with Gasteiger partial charge in [-0.05, 0) is 57.2 Å². The number of hydrogen-bond donors (Lipinski definition) is 0. The zero-order chi connectivity index (χ0) is 20.9. The highest BCUT2D eigenvalue weighted by atomic mass is 35.5. The van der Waals surface area contributed by atoms with Crippen LogP contribution in [0.4, 0.5) is 10.1 Å². The fourth-order valence-corrected chi connectivity index (χ4v) is 4.74. The summed E-state index contributed by atoms with van der Waals surface area (Å²) in [5.41, 5.74) is 0.853. The molecule has 31 heavy (non-hydrogen) atoms. The van der Waals surface area contributed by atoms with E-state index in [0.717, 1.165) is 63.4 Å². The molecule has 8 heteroatoms. The normalized spacial score (nSPS) is 20.8. The predicted molar refractivity (Wildman–Crippen MR) is 120 cm³/mol. The van der Waals surface area contributed by atoms with Gasteiger partial charge >= 0.3 is 0 Å². The van der Waals surface area contributed by atoms with Crippen molar-refractivity contribution in [3.8, 4) is 5.75 Å². The van der Waals surface area contributed by atoms with E-state index >= 15 is 0 Å². The van der Waals surface area contributed by atoms with Gasteiger partial charge in [0.2, 0.25) is 11.8 Å². The lowest BCUT2D eigenvalue weighted by Gasteiger charge is -2.37. The molecule has 2 aliphatic heterocycles. The van der Waals surface area contributed by atoms with Gasteiger partial charge in [-0.1, -0.05) is 0 Å². The number of rotatable bonds is 7. The maximum atomic E-state index is 13.9. The first-order chi connectivity index (χ1) is 14.6. The Bertz CT molecular complexity index is 748. The lowest BCUT2D eigenvalue weighted by Crippen LogP contribution is -2.47. The van der Waals surface area contributed by atoms with Crippen LogP contribution in [0.2, 0.25) is 0 Å². The summed E-state index contributed by atoms with van der Waals surface area (Å²) in [5.74, 6) is 0.495. The van der Waals surface area contributed by atoms with Crippen molar-refractivity contribution >= 4 is 29.9 Å². The van der Waals surface area contributed by atoms with Gasteiger partial charge in [0.1, 0.15) is 11.6 Å². The molecule has 2 amide bonds. The first-order valence-electron chi connectivity index (χ1n) is 11.4. The summed E-state index contributed by atoms with van der Waals surface area (Å²) in [7, 11) is 0. The van der Waals surface area contributed by atoms with Crippen molar-refractivity contribution in [1.29, 1.82) is 0 Å². The van der Waals surface area contributed by atoms with E-state index in [2.05, 4.69) is 9.80 Å². The van der Waals surface area contributed by atoms with Crippen molar-refractivity contribution in [1.82, 2.24) is 9.80 Å². The Morgan fingerprint density at radius 2 is 1.61 bits per heavy atom. The van der Waals surface area contributed by atoms with E-state index in [0.29, 0.717) is 25.8 Å². The van der Waals surface area contributed by atoms with Gasteiger partial charge in [0, 0.05) is 51.6 Å². The van der Waals surface area contributed by atoms with Gasteiger partial charge in [-0.2, -0.15) is 0 Å².